The van der Waals surface area contributed by atoms with Crippen molar-refractivity contribution in [1.29, 1.82) is 0 Å². The molecule has 0 aromatic heterocycles. The van der Waals surface area contributed by atoms with Crippen LogP contribution in [0.4, 0.5) is 17.6 Å². The molecule has 0 N–H and O–H groups in total. The number of hydrogen-bond donors (Lipinski definition) is 0. The van der Waals surface area contributed by atoms with E-state index >= 15 is 0 Å². The molecule has 1 rings (SSSR count). The minimum atomic E-state index is -2.97. The van der Waals surface area contributed by atoms with Gasteiger partial charge in [-0.15, -0.1) is 11.6 Å². The summed E-state index contributed by atoms with van der Waals surface area (Å²) in [5, 5.41) is 0. The first-order valence-electron chi connectivity index (χ1n) is 4.77. The molecule has 1 aromatic rings. The van der Waals surface area contributed by atoms with Gasteiger partial charge in [0.2, 0.25) is 0 Å². The number of alkyl halides is 5. The van der Waals surface area contributed by atoms with E-state index in [-0.39, 0.29) is 12.3 Å². The molecule has 0 aliphatic heterocycles. The fourth-order valence-electron chi connectivity index (χ4n) is 1.49. The second-order valence-electron chi connectivity index (χ2n) is 3.28. The molecule has 0 aliphatic rings. The Bertz CT molecular complexity index is 380. The molecule has 0 saturated heterocycles. The number of rotatable bonds is 5. The largest absolute Gasteiger partial charge is 0.294 e. The SMILES string of the molecule is O=C(CCCl)c1c(C(F)F)cccc1C(F)F. The molecule has 6 heteroatoms. The van der Waals surface area contributed by atoms with Crippen LogP contribution in [0.3, 0.4) is 0 Å². The lowest BCUT2D eigenvalue weighted by Gasteiger charge is -2.12. The van der Waals surface area contributed by atoms with E-state index in [4.69, 9.17) is 11.6 Å². The fourth-order valence-corrected chi connectivity index (χ4v) is 1.66. The summed E-state index contributed by atoms with van der Waals surface area (Å²) in [5.41, 5.74) is -1.94. The number of ketones is 1. The van der Waals surface area contributed by atoms with Crippen molar-refractivity contribution in [1.82, 2.24) is 0 Å². The number of Topliss-reactive ketones (excluding diaryl/α,β-unsaturated/α-hetero) is 1. The minimum Gasteiger partial charge on any atom is -0.294 e. The summed E-state index contributed by atoms with van der Waals surface area (Å²) in [7, 11) is 0. The van der Waals surface area contributed by atoms with Gasteiger partial charge in [0, 0.05) is 29.0 Å². The lowest BCUT2D eigenvalue weighted by atomic mass is 9.96. The third kappa shape index (κ3) is 3.19. The van der Waals surface area contributed by atoms with Gasteiger partial charge < -0.3 is 0 Å². The zero-order valence-electron chi connectivity index (χ0n) is 8.60. The van der Waals surface area contributed by atoms with Crippen LogP contribution < -0.4 is 0 Å². The second-order valence-corrected chi connectivity index (χ2v) is 3.65. The Balaban J connectivity index is 3.33. The molecule has 0 radical (unpaired) electrons. The van der Waals surface area contributed by atoms with Crippen molar-refractivity contribution in [3.63, 3.8) is 0 Å². The Labute approximate surface area is 100 Å². The Kier molecular flexibility index (Phi) is 4.93. The van der Waals surface area contributed by atoms with Crippen molar-refractivity contribution in [3.8, 4) is 0 Å². The molecule has 0 unspecified atom stereocenters. The van der Waals surface area contributed by atoms with Crippen molar-refractivity contribution in [2.75, 3.05) is 5.88 Å². The smallest absolute Gasteiger partial charge is 0.264 e. The van der Waals surface area contributed by atoms with Gasteiger partial charge >= 0.3 is 0 Å². The van der Waals surface area contributed by atoms with Crippen LogP contribution in [0.5, 0.6) is 0 Å². The van der Waals surface area contributed by atoms with E-state index in [1.165, 1.54) is 0 Å². The van der Waals surface area contributed by atoms with Crippen LogP contribution in [0.1, 0.15) is 40.8 Å². The van der Waals surface area contributed by atoms with Crippen molar-refractivity contribution in [2.45, 2.75) is 19.3 Å². The average molecular weight is 269 g/mol. The molecule has 94 valence electrons. The van der Waals surface area contributed by atoms with Crippen LogP contribution >= 0.6 is 11.6 Å². The van der Waals surface area contributed by atoms with Crippen molar-refractivity contribution in [2.24, 2.45) is 0 Å². The third-order valence-electron chi connectivity index (χ3n) is 2.20. The van der Waals surface area contributed by atoms with Crippen LogP contribution in [0, 0.1) is 0 Å². The highest BCUT2D eigenvalue weighted by atomic mass is 35.5. The van der Waals surface area contributed by atoms with Gasteiger partial charge in [0.05, 0.1) is 0 Å². The molecule has 1 nitrogen and oxygen atoms in total. The summed E-state index contributed by atoms with van der Waals surface area (Å²) >= 11 is 5.31. The number of halogens is 5. The summed E-state index contributed by atoms with van der Waals surface area (Å²) in [4.78, 5) is 11.5. The number of hydrogen-bond acceptors (Lipinski definition) is 1. The topological polar surface area (TPSA) is 17.1 Å². The standard InChI is InChI=1S/C11H9ClF4O/c12-5-4-8(17)9-6(10(13)14)2-1-3-7(9)11(15)16/h1-3,10-11H,4-5H2. The summed E-state index contributed by atoms with van der Waals surface area (Å²) in [6, 6.07) is 3.02. The van der Waals surface area contributed by atoms with Crippen molar-refractivity contribution >= 4 is 17.4 Å². The molecule has 0 saturated carbocycles. The predicted octanol–water partition coefficient (Wildman–Crippen LogP) is 4.37. The van der Waals surface area contributed by atoms with Crippen LogP contribution in [0.2, 0.25) is 0 Å². The number of benzene rings is 1. The zero-order chi connectivity index (χ0) is 13.0. The Morgan fingerprint density at radius 3 is 1.94 bits per heavy atom. The lowest BCUT2D eigenvalue weighted by molar-refractivity contribution is 0.0958. The van der Waals surface area contributed by atoms with Gasteiger partial charge in [0.15, 0.2) is 5.78 Å². The van der Waals surface area contributed by atoms with E-state index in [1.54, 1.807) is 0 Å². The maximum absolute atomic E-state index is 12.6. The van der Waals surface area contributed by atoms with E-state index in [0.29, 0.717) is 0 Å². The van der Waals surface area contributed by atoms with E-state index in [0.717, 1.165) is 18.2 Å². The van der Waals surface area contributed by atoms with E-state index < -0.39 is 35.3 Å². The lowest BCUT2D eigenvalue weighted by Crippen LogP contribution is -2.09. The molecular weight excluding hydrogens is 260 g/mol. The fraction of sp³-hybridized carbons (Fsp3) is 0.364. The summed E-state index contributed by atoms with van der Waals surface area (Å²) in [6.07, 6.45) is -6.18. The molecule has 17 heavy (non-hydrogen) atoms. The molecule has 0 spiro atoms. The highest BCUT2D eigenvalue weighted by Crippen LogP contribution is 2.31. The van der Waals surface area contributed by atoms with E-state index in [2.05, 4.69) is 0 Å². The molecular formula is C11H9ClF4O. The Morgan fingerprint density at radius 2 is 1.59 bits per heavy atom. The Morgan fingerprint density at radius 1 is 1.12 bits per heavy atom. The maximum Gasteiger partial charge on any atom is 0.264 e. The van der Waals surface area contributed by atoms with Crippen LogP contribution in [-0.4, -0.2) is 11.7 Å². The molecule has 0 amide bonds. The quantitative estimate of drug-likeness (QED) is 0.440. The molecule has 0 bridgehead atoms. The van der Waals surface area contributed by atoms with Gasteiger partial charge in [-0.1, -0.05) is 18.2 Å². The first-order valence-corrected chi connectivity index (χ1v) is 5.30. The maximum atomic E-state index is 12.6. The van der Waals surface area contributed by atoms with Gasteiger partial charge in [0.25, 0.3) is 12.9 Å². The molecule has 0 atom stereocenters. The van der Waals surface area contributed by atoms with Gasteiger partial charge in [-0.05, 0) is 0 Å². The summed E-state index contributed by atoms with van der Waals surface area (Å²) < 4.78 is 50.6. The van der Waals surface area contributed by atoms with Crippen LogP contribution in [-0.2, 0) is 0 Å². The molecule has 1 aromatic carbocycles. The first kappa shape index (κ1) is 14.0. The summed E-state index contributed by atoms with van der Waals surface area (Å²) in [6.45, 7) is 0. The first-order chi connectivity index (χ1) is 7.99. The highest BCUT2D eigenvalue weighted by Gasteiger charge is 2.24. The summed E-state index contributed by atoms with van der Waals surface area (Å²) in [5.74, 6) is -0.884. The van der Waals surface area contributed by atoms with Crippen molar-refractivity contribution < 1.29 is 22.4 Å². The van der Waals surface area contributed by atoms with Crippen molar-refractivity contribution in [3.05, 3.63) is 34.9 Å². The second kappa shape index (κ2) is 6.00. The zero-order valence-corrected chi connectivity index (χ0v) is 9.35. The molecule has 0 heterocycles. The molecule has 0 aliphatic carbocycles. The van der Waals surface area contributed by atoms with E-state index in [1.807, 2.05) is 0 Å². The van der Waals surface area contributed by atoms with Gasteiger partial charge in [-0.2, -0.15) is 0 Å². The van der Waals surface area contributed by atoms with Gasteiger partial charge in [-0.3, -0.25) is 4.79 Å². The third-order valence-corrected chi connectivity index (χ3v) is 2.39. The van der Waals surface area contributed by atoms with Crippen LogP contribution in [0.15, 0.2) is 18.2 Å². The normalized spacial score (nSPS) is 11.2. The van der Waals surface area contributed by atoms with E-state index in [9.17, 15) is 22.4 Å². The predicted molar refractivity (Wildman–Crippen MR) is 56.0 cm³/mol. The average Bonchev–Trinajstić information content (AvgIpc) is 2.28. The Hall–Kier alpha value is -1.10. The number of carbonyl (C=O) groups is 1. The molecule has 0 fully saturated rings. The number of carbonyl (C=O) groups excluding carboxylic acids is 1. The monoisotopic (exact) mass is 268 g/mol. The van der Waals surface area contributed by atoms with Gasteiger partial charge in [0.1, 0.15) is 0 Å². The highest BCUT2D eigenvalue weighted by molar-refractivity contribution is 6.19. The van der Waals surface area contributed by atoms with Crippen LogP contribution in [0.25, 0.3) is 0 Å². The van der Waals surface area contributed by atoms with Gasteiger partial charge in [-0.25, -0.2) is 17.6 Å². The minimum absolute atomic E-state index is 0.0981.